The van der Waals surface area contributed by atoms with E-state index >= 15 is 0 Å². The molecule has 1 heterocycles. The highest BCUT2D eigenvalue weighted by Crippen LogP contribution is 2.25. The van der Waals surface area contributed by atoms with Crippen LogP contribution in [0.2, 0.25) is 0 Å². The fraction of sp³-hybridized carbons (Fsp3) is 0.545. The minimum Gasteiger partial charge on any atom is -0.351 e. The third-order valence-corrected chi connectivity index (χ3v) is 4.53. The first-order valence-corrected chi connectivity index (χ1v) is 7.03. The molecule has 3 N–H and O–H groups in total. The van der Waals surface area contributed by atoms with E-state index < -0.39 is 0 Å². The Morgan fingerprint density at radius 1 is 1.53 bits per heavy atom. The smallest absolute Gasteiger partial charge is 0.223 e. The van der Waals surface area contributed by atoms with E-state index in [-0.39, 0.29) is 30.3 Å². The van der Waals surface area contributed by atoms with E-state index in [9.17, 15) is 4.79 Å². The first-order chi connectivity index (χ1) is 7.65. The fourth-order valence-electron chi connectivity index (χ4n) is 2.02. The molecule has 2 atom stereocenters. The standard InChI is InChI=1S/C11H15BrN2OS.ClH/c12-10-4-3-9(16-10)6-14-11(15)7-1-2-8(13)5-7;/h3-4,7-8H,1-2,5-6,13H2,(H,14,15);1H. The summed E-state index contributed by atoms with van der Waals surface area (Å²) in [6, 6.07) is 4.24. The van der Waals surface area contributed by atoms with Gasteiger partial charge in [-0.05, 0) is 47.3 Å². The number of carbonyl (C=O) groups is 1. The minimum absolute atomic E-state index is 0. The molecule has 1 aliphatic rings. The van der Waals surface area contributed by atoms with Crippen molar-refractivity contribution in [3.63, 3.8) is 0 Å². The number of nitrogens with one attached hydrogen (secondary N) is 1. The van der Waals surface area contributed by atoms with Gasteiger partial charge in [0.2, 0.25) is 5.91 Å². The van der Waals surface area contributed by atoms with Crippen molar-refractivity contribution in [2.75, 3.05) is 0 Å². The normalized spacial score (nSPS) is 23.2. The highest BCUT2D eigenvalue weighted by Gasteiger charge is 2.27. The van der Waals surface area contributed by atoms with Crippen molar-refractivity contribution in [1.29, 1.82) is 0 Å². The molecule has 1 aromatic rings. The number of thiophene rings is 1. The van der Waals surface area contributed by atoms with E-state index in [2.05, 4.69) is 21.2 Å². The van der Waals surface area contributed by atoms with Gasteiger partial charge in [-0.3, -0.25) is 4.79 Å². The zero-order valence-corrected chi connectivity index (χ0v) is 12.5. The van der Waals surface area contributed by atoms with Gasteiger partial charge < -0.3 is 11.1 Å². The van der Waals surface area contributed by atoms with E-state index in [0.717, 1.165) is 23.0 Å². The van der Waals surface area contributed by atoms with Gasteiger partial charge in [-0.1, -0.05) is 0 Å². The number of nitrogens with two attached hydrogens (primary N) is 1. The van der Waals surface area contributed by atoms with Crippen LogP contribution in [0.1, 0.15) is 24.1 Å². The highest BCUT2D eigenvalue weighted by atomic mass is 79.9. The molecule has 1 fully saturated rings. The van der Waals surface area contributed by atoms with Crippen LogP contribution in [0.4, 0.5) is 0 Å². The van der Waals surface area contributed by atoms with Gasteiger partial charge >= 0.3 is 0 Å². The van der Waals surface area contributed by atoms with Gasteiger partial charge in [-0.25, -0.2) is 0 Å². The topological polar surface area (TPSA) is 55.1 Å². The number of carbonyl (C=O) groups excluding carboxylic acids is 1. The van der Waals surface area contributed by atoms with E-state index in [1.165, 1.54) is 4.88 Å². The van der Waals surface area contributed by atoms with Crippen LogP contribution in [0.25, 0.3) is 0 Å². The molecular weight excluding hydrogens is 324 g/mol. The first-order valence-electron chi connectivity index (χ1n) is 5.42. The first kappa shape index (κ1) is 15.0. The fourth-order valence-corrected chi connectivity index (χ4v) is 3.44. The van der Waals surface area contributed by atoms with Crippen LogP contribution in [0.5, 0.6) is 0 Å². The lowest BCUT2D eigenvalue weighted by Crippen LogP contribution is -2.29. The van der Waals surface area contributed by atoms with Gasteiger partial charge in [0.05, 0.1) is 10.3 Å². The molecule has 1 aliphatic carbocycles. The van der Waals surface area contributed by atoms with Gasteiger partial charge in [0.25, 0.3) is 0 Å². The minimum atomic E-state index is 0. The van der Waals surface area contributed by atoms with Crippen molar-refractivity contribution in [3.8, 4) is 0 Å². The lowest BCUT2D eigenvalue weighted by Gasteiger charge is -2.09. The monoisotopic (exact) mass is 338 g/mol. The zero-order valence-electron chi connectivity index (χ0n) is 9.32. The van der Waals surface area contributed by atoms with Crippen molar-refractivity contribution in [2.45, 2.75) is 31.8 Å². The number of rotatable bonds is 3. The predicted octanol–water partition coefficient (Wildman–Crippen LogP) is 2.68. The van der Waals surface area contributed by atoms with Crippen LogP contribution in [0.15, 0.2) is 15.9 Å². The van der Waals surface area contributed by atoms with Crippen molar-refractivity contribution >= 4 is 45.6 Å². The maximum Gasteiger partial charge on any atom is 0.223 e. The Morgan fingerprint density at radius 3 is 2.82 bits per heavy atom. The van der Waals surface area contributed by atoms with Crippen LogP contribution >= 0.6 is 39.7 Å². The molecule has 0 aliphatic heterocycles. The summed E-state index contributed by atoms with van der Waals surface area (Å²) in [5.74, 6) is 0.274. The van der Waals surface area contributed by atoms with Gasteiger partial charge in [0, 0.05) is 16.8 Å². The van der Waals surface area contributed by atoms with Crippen molar-refractivity contribution in [2.24, 2.45) is 11.7 Å². The van der Waals surface area contributed by atoms with E-state index in [1.54, 1.807) is 11.3 Å². The van der Waals surface area contributed by atoms with Crippen LogP contribution in [0.3, 0.4) is 0 Å². The number of hydrogen-bond acceptors (Lipinski definition) is 3. The Kier molecular flexibility index (Phi) is 5.92. The Morgan fingerprint density at radius 2 is 2.29 bits per heavy atom. The summed E-state index contributed by atoms with van der Waals surface area (Å²) < 4.78 is 1.10. The zero-order chi connectivity index (χ0) is 11.5. The summed E-state index contributed by atoms with van der Waals surface area (Å²) in [6.45, 7) is 0.626. The van der Waals surface area contributed by atoms with Gasteiger partial charge in [0.1, 0.15) is 0 Å². The quantitative estimate of drug-likeness (QED) is 0.889. The molecule has 1 saturated carbocycles. The summed E-state index contributed by atoms with van der Waals surface area (Å²) in [7, 11) is 0. The summed E-state index contributed by atoms with van der Waals surface area (Å²) in [5.41, 5.74) is 5.79. The lowest BCUT2D eigenvalue weighted by atomic mass is 10.1. The maximum absolute atomic E-state index is 11.8. The van der Waals surface area contributed by atoms with Gasteiger partial charge in [0.15, 0.2) is 0 Å². The van der Waals surface area contributed by atoms with Crippen LogP contribution < -0.4 is 11.1 Å². The maximum atomic E-state index is 11.8. The van der Waals surface area contributed by atoms with E-state index in [0.29, 0.717) is 6.54 Å². The molecule has 96 valence electrons. The van der Waals surface area contributed by atoms with Crippen LogP contribution in [0, 0.1) is 5.92 Å². The average molecular weight is 340 g/mol. The summed E-state index contributed by atoms with van der Waals surface area (Å²) >= 11 is 5.05. The predicted molar refractivity (Wildman–Crippen MR) is 76.4 cm³/mol. The van der Waals surface area contributed by atoms with Gasteiger partial charge in [-0.2, -0.15) is 0 Å². The molecule has 1 aromatic heterocycles. The molecule has 17 heavy (non-hydrogen) atoms. The second-order valence-corrected chi connectivity index (χ2v) is 6.74. The van der Waals surface area contributed by atoms with E-state index in [1.807, 2.05) is 12.1 Å². The molecular formula is C11H16BrClN2OS. The SMILES string of the molecule is Cl.NC1CCC(C(=O)NCc2ccc(Br)s2)C1. The second-order valence-electron chi connectivity index (χ2n) is 4.19. The lowest BCUT2D eigenvalue weighted by molar-refractivity contribution is -0.124. The number of hydrogen-bond donors (Lipinski definition) is 2. The average Bonchev–Trinajstić information content (AvgIpc) is 2.84. The summed E-state index contributed by atoms with van der Waals surface area (Å²) in [5, 5.41) is 2.97. The largest absolute Gasteiger partial charge is 0.351 e. The molecule has 0 aromatic carbocycles. The third kappa shape index (κ3) is 4.25. The Labute approximate surface area is 120 Å². The molecule has 0 bridgehead atoms. The molecule has 3 nitrogen and oxygen atoms in total. The molecule has 0 spiro atoms. The Hall–Kier alpha value is -0.100. The summed E-state index contributed by atoms with van der Waals surface area (Å²) in [4.78, 5) is 13.0. The molecule has 0 radical (unpaired) electrons. The van der Waals surface area contributed by atoms with Crippen molar-refractivity contribution in [3.05, 3.63) is 20.8 Å². The molecule has 1 amide bonds. The third-order valence-electron chi connectivity index (χ3n) is 2.91. The molecule has 6 heteroatoms. The Balaban J connectivity index is 0.00000144. The highest BCUT2D eigenvalue weighted by molar-refractivity contribution is 9.11. The van der Waals surface area contributed by atoms with Crippen LogP contribution in [-0.2, 0) is 11.3 Å². The van der Waals surface area contributed by atoms with Crippen LogP contribution in [-0.4, -0.2) is 11.9 Å². The van der Waals surface area contributed by atoms with E-state index in [4.69, 9.17) is 5.73 Å². The van der Waals surface area contributed by atoms with Gasteiger partial charge in [-0.15, -0.1) is 23.7 Å². The second kappa shape index (κ2) is 6.73. The van der Waals surface area contributed by atoms with Crippen molar-refractivity contribution in [1.82, 2.24) is 5.32 Å². The molecule has 2 rings (SSSR count). The van der Waals surface area contributed by atoms with Crippen molar-refractivity contribution < 1.29 is 4.79 Å². The molecule has 2 unspecified atom stereocenters. The Bertz CT molecular complexity index is 385. The number of amides is 1. The number of halogens is 2. The summed E-state index contributed by atoms with van der Waals surface area (Å²) in [6.07, 6.45) is 2.74. The molecule has 0 saturated heterocycles.